The molecule has 0 spiro atoms. The van der Waals surface area contributed by atoms with Crippen molar-refractivity contribution in [2.75, 3.05) is 6.61 Å². The second-order valence-corrected chi connectivity index (χ2v) is 2.90. The first kappa shape index (κ1) is 10.7. The molecule has 2 atom stereocenters. The zero-order chi connectivity index (χ0) is 10.4. The lowest BCUT2D eigenvalue weighted by Crippen LogP contribution is -2.42. The van der Waals surface area contributed by atoms with Crippen molar-refractivity contribution in [3.05, 3.63) is 24.8 Å². The van der Waals surface area contributed by atoms with Crippen molar-refractivity contribution >= 4 is 6.09 Å². The molecular formula is C9H14N2O3. The number of hydrogen-bond donors (Lipinski definition) is 2. The molecule has 0 saturated heterocycles. The molecule has 0 radical (unpaired) electrons. The van der Waals surface area contributed by atoms with Crippen LogP contribution in [0.5, 0.6) is 0 Å². The molecule has 0 heterocycles. The van der Waals surface area contributed by atoms with Crippen LogP contribution in [0.1, 0.15) is 6.42 Å². The van der Waals surface area contributed by atoms with Crippen LogP contribution in [-0.2, 0) is 9.57 Å². The molecule has 1 rings (SSSR count). The minimum Gasteiger partial charge on any atom is -0.445 e. The maximum Gasteiger partial charge on any atom is 0.408 e. The summed E-state index contributed by atoms with van der Waals surface area (Å²) in [6.07, 6.45) is 5.22. The van der Waals surface area contributed by atoms with E-state index >= 15 is 0 Å². The third kappa shape index (κ3) is 2.86. The van der Waals surface area contributed by atoms with E-state index in [0.29, 0.717) is 6.42 Å². The van der Waals surface area contributed by atoms with Gasteiger partial charge in [0, 0.05) is 0 Å². The summed E-state index contributed by atoms with van der Waals surface area (Å²) in [5.74, 6) is 5.05. The smallest absolute Gasteiger partial charge is 0.408 e. The van der Waals surface area contributed by atoms with Crippen molar-refractivity contribution in [1.82, 2.24) is 5.32 Å². The molecule has 1 amide bonds. The molecule has 14 heavy (non-hydrogen) atoms. The third-order valence-electron chi connectivity index (χ3n) is 1.90. The molecule has 0 saturated carbocycles. The Morgan fingerprint density at radius 2 is 2.57 bits per heavy atom. The number of rotatable bonds is 4. The zero-order valence-electron chi connectivity index (χ0n) is 7.81. The van der Waals surface area contributed by atoms with Crippen molar-refractivity contribution < 1.29 is 14.4 Å². The van der Waals surface area contributed by atoms with E-state index in [1.54, 1.807) is 0 Å². The van der Waals surface area contributed by atoms with Gasteiger partial charge in [-0.05, 0) is 6.42 Å². The highest BCUT2D eigenvalue weighted by Gasteiger charge is 2.24. The minimum absolute atomic E-state index is 0.191. The lowest BCUT2D eigenvalue weighted by atomic mass is 10.2. The maximum absolute atomic E-state index is 11.1. The van der Waals surface area contributed by atoms with E-state index in [1.165, 1.54) is 6.08 Å². The normalized spacial score (nSPS) is 24.6. The second-order valence-electron chi connectivity index (χ2n) is 2.90. The van der Waals surface area contributed by atoms with Crippen LogP contribution in [0.15, 0.2) is 24.8 Å². The maximum atomic E-state index is 11.1. The summed E-state index contributed by atoms with van der Waals surface area (Å²) in [6.45, 7) is 3.62. The van der Waals surface area contributed by atoms with Crippen molar-refractivity contribution in [3.63, 3.8) is 0 Å². The molecule has 0 aromatic heterocycles. The monoisotopic (exact) mass is 198 g/mol. The van der Waals surface area contributed by atoms with Gasteiger partial charge < -0.3 is 10.1 Å². The predicted octanol–water partition coefficient (Wildman–Crippen LogP) is 0.486. The van der Waals surface area contributed by atoms with Gasteiger partial charge in [0.2, 0.25) is 0 Å². The van der Waals surface area contributed by atoms with Gasteiger partial charge in [-0.3, -0.25) is 4.84 Å². The number of ether oxygens (including phenoxy) is 1. The third-order valence-corrected chi connectivity index (χ3v) is 1.90. The summed E-state index contributed by atoms with van der Waals surface area (Å²) in [5, 5.41) is 2.61. The van der Waals surface area contributed by atoms with Crippen LogP contribution in [0.4, 0.5) is 4.79 Å². The molecule has 78 valence electrons. The number of carbonyl (C=O) groups is 1. The van der Waals surface area contributed by atoms with Crippen LogP contribution in [0.3, 0.4) is 0 Å². The average molecular weight is 198 g/mol. The quantitative estimate of drug-likeness (QED) is 0.509. The van der Waals surface area contributed by atoms with Gasteiger partial charge in [-0.2, -0.15) is 0 Å². The molecule has 3 N–H and O–H groups in total. The zero-order valence-corrected chi connectivity index (χ0v) is 7.81. The molecule has 1 aliphatic rings. The fraction of sp³-hybridized carbons (Fsp3) is 0.444. The molecule has 5 nitrogen and oxygen atoms in total. The number of carbonyl (C=O) groups excluding carboxylic acids is 1. The summed E-state index contributed by atoms with van der Waals surface area (Å²) in [7, 11) is 0. The first-order chi connectivity index (χ1) is 6.77. The van der Waals surface area contributed by atoms with Gasteiger partial charge in [-0.1, -0.05) is 24.8 Å². The van der Waals surface area contributed by atoms with Crippen LogP contribution >= 0.6 is 0 Å². The molecule has 5 heteroatoms. The van der Waals surface area contributed by atoms with E-state index in [1.807, 2.05) is 12.2 Å². The number of nitrogens with two attached hydrogens (primary N) is 1. The summed E-state index contributed by atoms with van der Waals surface area (Å²) in [5.41, 5.74) is 0. The van der Waals surface area contributed by atoms with Crippen LogP contribution < -0.4 is 11.2 Å². The highest BCUT2D eigenvalue weighted by molar-refractivity contribution is 5.68. The highest BCUT2D eigenvalue weighted by atomic mass is 16.6. The van der Waals surface area contributed by atoms with Gasteiger partial charge >= 0.3 is 6.09 Å². The van der Waals surface area contributed by atoms with E-state index < -0.39 is 6.09 Å². The van der Waals surface area contributed by atoms with Crippen LogP contribution in [0.2, 0.25) is 0 Å². The molecule has 0 fully saturated rings. The van der Waals surface area contributed by atoms with E-state index in [9.17, 15) is 4.79 Å². The fourth-order valence-corrected chi connectivity index (χ4v) is 1.22. The number of amides is 1. The van der Waals surface area contributed by atoms with Crippen LogP contribution in [0, 0.1) is 0 Å². The van der Waals surface area contributed by atoms with Gasteiger partial charge in [0.1, 0.15) is 12.7 Å². The first-order valence-corrected chi connectivity index (χ1v) is 4.34. The fourth-order valence-electron chi connectivity index (χ4n) is 1.22. The Bertz CT molecular complexity index is 240. The Morgan fingerprint density at radius 1 is 1.79 bits per heavy atom. The molecule has 0 aliphatic heterocycles. The van der Waals surface area contributed by atoms with Crippen molar-refractivity contribution in [3.8, 4) is 0 Å². The lowest BCUT2D eigenvalue weighted by Gasteiger charge is -2.17. The summed E-state index contributed by atoms with van der Waals surface area (Å²) in [4.78, 5) is 15.8. The minimum atomic E-state index is -0.497. The summed E-state index contributed by atoms with van der Waals surface area (Å²) >= 11 is 0. The molecule has 0 aromatic rings. The van der Waals surface area contributed by atoms with E-state index in [2.05, 4.69) is 16.7 Å². The Balaban J connectivity index is 2.31. The average Bonchev–Trinajstić information content (AvgIpc) is 2.62. The number of nitrogens with one attached hydrogen (secondary N) is 1. The van der Waals surface area contributed by atoms with Gasteiger partial charge in [0.05, 0.1) is 6.04 Å². The summed E-state index contributed by atoms with van der Waals surface area (Å²) in [6, 6.07) is -0.211. The number of hydrogen-bond acceptors (Lipinski definition) is 4. The van der Waals surface area contributed by atoms with Crippen molar-refractivity contribution in [1.29, 1.82) is 0 Å². The van der Waals surface area contributed by atoms with Gasteiger partial charge in [0.25, 0.3) is 0 Å². The molecular weight excluding hydrogens is 184 g/mol. The topological polar surface area (TPSA) is 73.6 Å². The Kier molecular flexibility index (Phi) is 4.15. The Morgan fingerprint density at radius 3 is 3.21 bits per heavy atom. The second kappa shape index (κ2) is 5.41. The van der Waals surface area contributed by atoms with Gasteiger partial charge in [-0.25, -0.2) is 10.7 Å². The van der Waals surface area contributed by atoms with Gasteiger partial charge in [0.15, 0.2) is 0 Å². The first-order valence-electron chi connectivity index (χ1n) is 4.34. The Hall–Kier alpha value is -1.33. The van der Waals surface area contributed by atoms with E-state index in [0.717, 1.165) is 0 Å². The van der Waals surface area contributed by atoms with Gasteiger partial charge in [-0.15, -0.1) is 0 Å². The molecule has 0 aromatic carbocycles. The van der Waals surface area contributed by atoms with E-state index in [4.69, 9.17) is 10.6 Å². The molecule has 0 unspecified atom stereocenters. The Labute approximate surface area is 82.5 Å². The number of alkyl carbamates (subject to hydrolysis) is 1. The highest BCUT2D eigenvalue weighted by Crippen LogP contribution is 2.12. The van der Waals surface area contributed by atoms with Crippen molar-refractivity contribution in [2.45, 2.75) is 18.6 Å². The largest absolute Gasteiger partial charge is 0.445 e. The van der Waals surface area contributed by atoms with Crippen LogP contribution in [-0.4, -0.2) is 24.8 Å². The summed E-state index contributed by atoms with van der Waals surface area (Å²) < 4.78 is 4.75. The predicted molar refractivity (Wildman–Crippen MR) is 51.3 cm³/mol. The standard InChI is InChI=1S/C9H14N2O3/c1-2-6-13-9(12)11-7-4-3-5-8(7)14-10/h2-4,7-8H,1,5-6,10H2,(H,11,12)/t7-,8+/m0/s1. The van der Waals surface area contributed by atoms with E-state index in [-0.39, 0.29) is 18.8 Å². The SMILES string of the molecule is C=CCOC(=O)N[C@H]1C=CC[C@H]1ON. The molecule has 0 bridgehead atoms. The lowest BCUT2D eigenvalue weighted by molar-refractivity contribution is 0.0435. The molecule has 1 aliphatic carbocycles. The van der Waals surface area contributed by atoms with Crippen LogP contribution in [0.25, 0.3) is 0 Å². The van der Waals surface area contributed by atoms with Crippen molar-refractivity contribution in [2.24, 2.45) is 5.90 Å².